The predicted molar refractivity (Wildman–Crippen MR) is 117 cm³/mol. The summed E-state index contributed by atoms with van der Waals surface area (Å²) in [5.41, 5.74) is 4.47. The molecule has 0 radical (unpaired) electrons. The van der Waals surface area contributed by atoms with Gasteiger partial charge in [0.25, 0.3) is 0 Å². The number of rotatable bonds is 6. The van der Waals surface area contributed by atoms with Gasteiger partial charge in [0.05, 0.1) is 0 Å². The molecular formula is C24H21N3O3. The molecule has 4 aromatic rings. The number of fused-ring (bicyclic) bond motifs is 1. The number of aromatic amines is 1. The third-order valence-electron chi connectivity index (χ3n) is 4.95. The third kappa shape index (κ3) is 4.33. The van der Waals surface area contributed by atoms with Crippen LogP contribution in [0.3, 0.4) is 0 Å². The minimum Gasteiger partial charge on any atom is -0.480 e. The van der Waals surface area contributed by atoms with Crippen LogP contribution in [-0.2, 0) is 11.2 Å². The van der Waals surface area contributed by atoms with Gasteiger partial charge in [-0.1, -0.05) is 60.7 Å². The van der Waals surface area contributed by atoms with E-state index in [9.17, 15) is 14.7 Å². The zero-order valence-electron chi connectivity index (χ0n) is 16.1. The fourth-order valence-corrected chi connectivity index (χ4v) is 3.42. The smallest absolute Gasteiger partial charge is 0.326 e. The first kappa shape index (κ1) is 19.3. The van der Waals surface area contributed by atoms with Gasteiger partial charge in [-0.3, -0.25) is 0 Å². The van der Waals surface area contributed by atoms with Crippen molar-refractivity contribution in [3.05, 3.63) is 90.6 Å². The largest absolute Gasteiger partial charge is 0.480 e. The van der Waals surface area contributed by atoms with E-state index in [1.807, 2.05) is 66.7 Å². The second-order valence-electron chi connectivity index (χ2n) is 7.00. The number of hydrogen-bond donors (Lipinski definition) is 4. The number of anilines is 1. The summed E-state index contributed by atoms with van der Waals surface area (Å²) < 4.78 is 0. The van der Waals surface area contributed by atoms with Gasteiger partial charge in [0.2, 0.25) is 0 Å². The number of aliphatic carboxylic acids is 1. The molecule has 0 spiro atoms. The quantitative estimate of drug-likeness (QED) is 0.380. The molecule has 0 fully saturated rings. The van der Waals surface area contributed by atoms with Crippen LogP contribution in [-0.4, -0.2) is 28.1 Å². The van der Waals surface area contributed by atoms with E-state index in [-0.39, 0.29) is 6.42 Å². The normalized spacial score (nSPS) is 11.7. The number of para-hydroxylation sites is 1. The van der Waals surface area contributed by atoms with E-state index in [0.717, 1.165) is 27.6 Å². The molecule has 0 saturated heterocycles. The Kier molecular flexibility index (Phi) is 5.48. The average molecular weight is 399 g/mol. The number of nitrogens with one attached hydrogen (secondary N) is 3. The monoisotopic (exact) mass is 399 g/mol. The van der Waals surface area contributed by atoms with Crippen molar-refractivity contribution in [1.82, 2.24) is 10.3 Å². The molecule has 1 aromatic heterocycles. The van der Waals surface area contributed by atoms with Gasteiger partial charge in [-0.2, -0.15) is 0 Å². The second kappa shape index (κ2) is 8.53. The number of benzene rings is 3. The molecule has 2 amide bonds. The van der Waals surface area contributed by atoms with Crippen molar-refractivity contribution >= 4 is 28.6 Å². The summed E-state index contributed by atoms with van der Waals surface area (Å²) >= 11 is 0. The molecule has 6 heteroatoms. The summed E-state index contributed by atoms with van der Waals surface area (Å²) in [5, 5.41) is 15.8. The van der Waals surface area contributed by atoms with Gasteiger partial charge in [0, 0.05) is 29.2 Å². The molecule has 6 nitrogen and oxygen atoms in total. The lowest BCUT2D eigenvalue weighted by atomic mass is 10.1. The Morgan fingerprint density at radius 2 is 1.53 bits per heavy atom. The van der Waals surface area contributed by atoms with Crippen LogP contribution in [0.25, 0.3) is 22.0 Å². The lowest BCUT2D eigenvalue weighted by molar-refractivity contribution is -0.139. The molecule has 0 aliphatic carbocycles. The van der Waals surface area contributed by atoms with E-state index in [2.05, 4.69) is 15.6 Å². The molecule has 1 atom stereocenters. The SMILES string of the molecule is O=C(Nc1ccc(-c2ccccc2)cc1)NC(Cc1c[nH]c2ccccc12)C(=O)O. The summed E-state index contributed by atoms with van der Waals surface area (Å²) in [4.78, 5) is 27.2. The van der Waals surface area contributed by atoms with E-state index in [1.54, 1.807) is 18.3 Å². The van der Waals surface area contributed by atoms with Gasteiger partial charge >= 0.3 is 12.0 Å². The zero-order valence-corrected chi connectivity index (χ0v) is 16.1. The summed E-state index contributed by atoms with van der Waals surface area (Å²) in [5.74, 6) is -1.09. The van der Waals surface area contributed by atoms with Crippen molar-refractivity contribution in [2.24, 2.45) is 0 Å². The van der Waals surface area contributed by atoms with Crippen molar-refractivity contribution in [2.45, 2.75) is 12.5 Å². The maximum Gasteiger partial charge on any atom is 0.326 e. The standard InChI is InChI=1S/C24H21N3O3/c28-23(29)22(14-18-15-25-21-9-5-4-8-20(18)21)27-24(30)26-19-12-10-17(11-13-19)16-6-2-1-3-7-16/h1-13,15,22,25H,14H2,(H,28,29)(H2,26,27,30). The van der Waals surface area contributed by atoms with E-state index in [0.29, 0.717) is 5.69 Å². The fraction of sp³-hybridized carbons (Fsp3) is 0.0833. The summed E-state index contributed by atoms with van der Waals surface area (Å²) in [6.07, 6.45) is 1.96. The molecular weight excluding hydrogens is 378 g/mol. The highest BCUT2D eigenvalue weighted by Gasteiger charge is 2.22. The fourth-order valence-electron chi connectivity index (χ4n) is 3.42. The highest BCUT2D eigenvalue weighted by molar-refractivity contribution is 5.93. The van der Waals surface area contributed by atoms with Gasteiger partial charge in [-0.05, 0) is 34.9 Å². The minimum absolute atomic E-state index is 0.180. The molecule has 0 saturated carbocycles. The predicted octanol–water partition coefficient (Wildman–Crippen LogP) is 4.65. The number of hydrogen-bond acceptors (Lipinski definition) is 2. The molecule has 0 bridgehead atoms. The number of aromatic nitrogens is 1. The van der Waals surface area contributed by atoms with Crippen LogP contribution >= 0.6 is 0 Å². The van der Waals surface area contributed by atoms with Crippen LogP contribution in [0, 0.1) is 0 Å². The Morgan fingerprint density at radius 3 is 2.27 bits per heavy atom. The highest BCUT2D eigenvalue weighted by atomic mass is 16.4. The maximum absolute atomic E-state index is 12.4. The van der Waals surface area contributed by atoms with E-state index < -0.39 is 18.0 Å². The molecule has 1 heterocycles. The molecule has 150 valence electrons. The first-order chi connectivity index (χ1) is 14.6. The van der Waals surface area contributed by atoms with Gasteiger partial charge in [-0.15, -0.1) is 0 Å². The van der Waals surface area contributed by atoms with Crippen LogP contribution in [0.15, 0.2) is 85.1 Å². The molecule has 4 rings (SSSR count). The number of carbonyl (C=O) groups excluding carboxylic acids is 1. The number of urea groups is 1. The first-order valence-electron chi connectivity index (χ1n) is 9.61. The van der Waals surface area contributed by atoms with Crippen LogP contribution in [0.5, 0.6) is 0 Å². The Balaban J connectivity index is 1.41. The summed E-state index contributed by atoms with van der Waals surface area (Å²) in [6.45, 7) is 0. The lowest BCUT2D eigenvalue weighted by Crippen LogP contribution is -2.44. The Hall–Kier alpha value is -4.06. The van der Waals surface area contributed by atoms with E-state index in [4.69, 9.17) is 0 Å². The average Bonchev–Trinajstić information content (AvgIpc) is 3.17. The van der Waals surface area contributed by atoms with Gasteiger partial charge in [-0.25, -0.2) is 9.59 Å². The zero-order chi connectivity index (χ0) is 20.9. The lowest BCUT2D eigenvalue weighted by Gasteiger charge is -2.15. The Bertz CT molecular complexity index is 1170. The molecule has 4 N–H and O–H groups in total. The van der Waals surface area contributed by atoms with Gasteiger partial charge in [0.15, 0.2) is 0 Å². The van der Waals surface area contributed by atoms with Crippen LogP contribution in [0.4, 0.5) is 10.5 Å². The molecule has 1 unspecified atom stereocenters. The molecule has 0 aliphatic rings. The second-order valence-corrected chi connectivity index (χ2v) is 7.00. The summed E-state index contributed by atoms with van der Waals surface area (Å²) in [6, 6.07) is 23.4. The highest BCUT2D eigenvalue weighted by Crippen LogP contribution is 2.21. The third-order valence-corrected chi connectivity index (χ3v) is 4.95. The van der Waals surface area contributed by atoms with Gasteiger partial charge < -0.3 is 20.7 Å². The summed E-state index contributed by atoms with van der Waals surface area (Å²) in [7, 11) is 0. The van der Waals surface area contributed by atoms with Crippen LogP contribution in [0.1, 0.15) is 5.56 Å². The number of carboxylic acids is 1. The van der Waals surface area contributed by atoms with Crippen molar-refractivity contribution in [2.75, 3.05) is 5.32 Å². The molecule has 3 aromatic carbocycles. The van der Waals surface area contributed by atoms with Crippen molar-refractivity contribution < 1.29 is 14.7 Å². The molecule has 30 heavy (non-hydrogen) atoms. The first-order valence-corrected chi connectivity index (χ1v) is 9.61. The minimum atomic E-state index is -1.09. The van der Waals surface area contributed by atoms with Crippen LogP contribution in [0.2, 0.25) is 0 Å². The van der Waals surface area contributed by atoms with Crippen molar-refractivity contribution in [1.29, 1.82) is 0 Å². The van der Waals surface area contributed by atoms with E-state index in [1.165, 1.54) is 0 Å². The maximum atomic E-state index is 12.4. The number of carboxylic acid groups (broad SMARTS) is 1. The Labute approximate surface area is 173 Å². The number of H-pyrrole nitrogens is 1. The number of carbonyl (C=O) groups is 2. The van der Waals surface area contributed by atoms with Gasteiger partial charge in [0.1, 0.15) is 6.04 Å². The van der Waals surface area contributed by atoms with Crippen molar-refractivity contribution in [3.8, 4) is 11.1 Å². The Morgan fingerprint density at radius 1 is 0.867 bits per heavy atom. The number of amides is 2. The van der Waals surface area contributed by atoms with Crippen LogP contribution < -0.4 is 10.6 Å². The van der Waals surface area contributed by atoms with Crippen molar-refractivity contribution in [3.63, 3.8) is 0 Å². The molecule has 0 aliphatic heterocycles. The van der Waals surface area contributed by atoms with E-state index >= 15 is 0 Å². The topological polar surface area (TPSA) is 94.2 Å².